The van der Waals surface area contributed by atoms with Crippen LogP contribution in [0.5, 0.6) is 0 Å². The molecule has 1 aromatic rings. The van der Waals surface area contributed by atoms with Crippen molar-refractivity contribution in [3.8, 4) is 0 Å². The Bertz CT molecular complexity index is 192. The van der Waals surface area contributed by atoms with Crippen LogP contribution in [0.1, 0.15) is 12.6 Å². The number of aryl methyl sites for hydroxylation is 1. The minimum Gasteiger partial charge on any atom is -0.344 e. The first-order valence-corrected chi connectivity index (χ1v) is 3.28. The van der Waals surface area contributed by atoms with E-state index in [1.807, 2.05) is 0 Å². The van der Waals surface area contributed by atoms with Gasteiger partial charge >= 0.3 is 0 Å². The van der Waals surface area contributed by atoms with Crippen molar-refractivity contribution < 1.29 is 11.9 Å². The van der Waals surface area contributed by atoms with Gasteiger partial charge in [-0.2, -0.15) is 0 Å². The van der Waals surface area contributed by atoms with E-state index in [-0.39, 0.29) is 7.58 Å². The van der Waals surface area contributed by atoms with Gasteiger partial charge in [0.1, 0.15) is 0 Å². The zero-order chi connectivity index (χ0) is 8.69. The first-order chi connectivity index (χ1) is 5.33. The third-order valence-corrected chi connectivity index (χ3v) is 1.36. The van der Waals surface area contributed by atoms with Crippen LogP contribution in [0, 0.1) is 6.92 Å². The number of rotatable bonds is 1. The lowest BCUT2D eigenvalue weighted by Gasteiger charge is -1.94. The van der Waals surface area contributed by atoms with Crippen LogP contribution >= 0.6 is 0 Å². The van der Waals surface area contributed by atoms with Crippen molar-refractivity contribution in [2.24, 2.45) is 5.73 Å². The van der Waals surface area contributed by atoms with Crippen molar-refractivity contribution in [2.75, 3.05) is 0 Å². The highest BCUT2D eigenvalue weighted by Gasteiger charge is 1.84. The lowest BCUT2D eigenvalue weighted by atomic mass is 10.2. The van der Waals surface area contributed by atoms with E-state index in [0.29, 0.717) is 6.54 Å². The third kappa shape index (κ3) is 4.81. The van der Waals surface area contributed by atoms with Gasteiger partial charge in [-0.1, -0.05) is 29.8 Å². The molecule has 0 amide bonds. The van der Waals surface area contributed by atoms with E-state index in [1.165, 1.54) is 11.1 Å². The quantitative estimate of drug-likeness (QED) is 0.385. The molecular weight excluding hydrogens is 156 g/mol. The molecule has 0 fully saturated rings. The first-order valence-electron chi connectivity index (χ1n) is 3.28. The topological polar surface area (TPSA) is 101 Å². The van der Waals surface area contributed by atoms with E-state index >= 15 is 0 Å². The zero-order valence-corrected chi connectivity index (χ0v) is 7.20. The molecular formula is C8H18N2O2. The fourth-order valence-electron chi connectivity index (χ4n) is 0.724. The molecule has 12 heavy (non-hydrogen) atoms. The van der Waals surface area contributed by atoms with Gasteiger partial charge in [0.15, 0.2) is 0 Å². The van der Waals surface area contributed by atoms with Gasteiger partial charge in [-0.25, -0.2) is 0 Å². The molecule has 0 aliphatic heterocycles. The summed E-state index contributed by atoms with van der Waals surface area (Å²) < 4.78 is 0. The molecule has 0 atom stereocenters. The average molecular weight is 174 g/mol. The van der Waals surface area contributed by atoms with Crippen LogP contribution in [-0.2, 0) is 6.54 Å². The summed E-state index contributed by atoms with van der Waals surface area (Å²) in [6.07, 6.45) is 0. The van der Waals surface area contributed by atoms with Crippen molar-refractivity contribution in [3.63, 3.8) is 0 Å². The van der Waals surface area contributed by atoms with Gasteiger partial charge in [0.2, 0.25) is 0 Å². The smallest absolute Gasteiger partial charge is 0.0178 e. The molecule has 1 rings (SSSR count). The Morgan fingerprint density at radius 3 is 2.00 bits per heavy atom. The van der Waals surface area contributed by atoms with E-state index in [9.17, 15) is 0 Å². The normalized spacial score (nSPS) is 7.67. The van der Waals surface area contributed by atoms with Gasteiger partial charge in [-0.15, -0.1) is 0 Å². The Morgan fingerprint density at radius 1 is 1.25 bits per heavy atom. The van der Waals surface area contributed by atoms with Crippen LogP contribution in [0.25, 0.3) is 0 Å². The first kappa shape index (κ1) is 13.6. The number of hydrogen-bond donors (Lipinski definition) is 4. The Morgan fingerprint density at radius 2 is 1.67 bits per heavy atom. The van der Waals surface area contributed by atoms with Crippen LogP contribution < -0.4 is 11.9 Å². The van der Waals surface area contributed by atoms with Crippen molar-refractivity contribution in [1.29, 1.82) is 0 Å². The molecule has 0 bridgehead atoms. The summed E-state index contributed by atoms with van der Waals surface area (Å²) in [6.45, 7) is 2.71. The van der Waals surface area contributed by atoms with Crippen LogP contribution in [-0.4, -0.2) is 10.5 Å². The minimum atomic E-state index is 0. The summed E-state index contributed by atoms with van der Waals surface area (Å²) in [5.41, 5.74) is 7.88. The highest BCUT2D eigenvalue weighted by molar-refractivity contribution is 5.20. The maximum absolute atomic E-state index is 6.00. The van der Waals surface area contributed by atoms with Crippen molar-refractivity contribution >= 4 is 0 Å². The highest BCUT2D eigenvalue weighted by atomic mass is 17.0. The SMILES string of the molecule is Cc1ccc(CN)cc1.N.OO.[HH]. The van der Waals surface area contributed by atoms with Crippen molar-refractivity contribution in [2.45, 2.75) is 13.5 Å². The van der Waals surface area contributed by atoms with E-state index in [2.05, 4.69) is 31.2 Å². The average Bonchev–Trinajstić information content (AvgIpc) is 2.10. The molecule has 0 aliphatic rings. The predicted molar refractivity (Wildman–Crippen MR) is 51.5 cm³/mol. The van der Waals surface area contributed by atoms with E-state index in [0.717, 1.165) is 0 Å². The predicted octanol–water partition coefficient (Wildman–Crippen LogP) is 1.88. The lowest BCUT2D eigenvalue weighted by Crippen LogP contribution is -1.94. The molecule has 0 radical (unpaired) electrons. The largest absolute Gasteiger partial charge is 0.344 e. The summed E-state index contributed by atoms with van der Waals surface area (Å²) in [5, 5.41) is 12.0. The standard InChI is InChI=1S/C8H11N.H3N.H2O2.H2/c1-7-2-4-8(6-9)5-3-7;;1-2;/h2-5H,6,9H2,1H3;1H3;1-2H;1H. The molecule has 4 nitrogen and oxygen atoms in total. The van der Waals surface area contributed by atoms with Gasteiger partial charge in [0, 0.05) is 7.97 Å². The van der Waals surface area contributed by atoms with Crippen molar-refractivity contribution in [1.82, 2.24) is 6.15 Å². The maximum Gasteiger partial charge on any atom is 0.0178 e. The molecule has 0 aliphatic carbocycles. The number of hydrogen-bond acceptors (Lipinski definition) is 4. The second kappa shape index (κ2) is 8.16. The Kier molecular flexibility index (Phi) is 9.27. The Hall–Kier alpha value is -0.940. The molecule has 0 unspecified atom stereocenters. The molecule has 1 aromatic carbocycles. The van der Waals surface area contributed by atoms with Gasteiger partial charge < -0.3 is 11.9 Å². The van der Waals surface area contributed by atoms with Crippen LogP contribution in [0.2, 0.25) is 0 Å². The molecule has 4 heteroatoms. The molecule has 0 heterocycles. The molecule has 0 aromatic heterocycles. The molecule has 0 saturated carbocycles. The monoisotopic (exact) mass is 174 g/mol. The fourth-order valence-corrected chi connectivity index (χ4v) is 0.724. The molecule has 72 valence electrons. The van der Waals surface area contributed by atoms with Crippen molar-refractivity contribution in [3.05, 3.63) is 35.4 Å². The second-order valence-electron chi connectivity index (χ2n) is 2.19. The van der Waals surface area contributed by atoms with Gasteiger partial charge in [-0.05, 0) is 12.5 Å². The van der Waals surface area contributed by atoms with Gasteiger partial charge in [-0.3, -0.25) is 10.5 Å². The summed E-state index contributed by atoms with van der Waals surface area (Å²) in [4.78, 5) is 0. The summed E-state index contributed by atoms with van der Waals surface area (Å²) in [6, 6.07) is 8.25. The number of benzene rings is 1. The summed E-state index contributed by atoms with van der Waals surface area (Å²) in [5.74, 6) is 0. The van der Waals surface area contributed by atoms with Crippen LogP contribution in [0.3, 0.4) is 0 Å². The third-order valence-electron chi connectivity index (χ3n) is 1.36. The second-order valence-corrected chi connectivity index (χ2v) is 2.19. The lowest BCUT2D eigenvalue weighted by molar-refractivity contribution is -0.176. The zero-order valence-electron chi connectivity index (χ0n) is 7.20. The molecule has 0 spiro atoms. The summed E-state index contributed by atoms with van der Waals surface area (Å²) >= 11 is 0. The molecule has 7 N–H and O–H groups in total. The highest BCUT2D eigenvalue weighted by Crippen LogP contribution is 2.00. The summed E-state index contributed by atoms with van der Waals surface area (Å²) in [7, 11) is 0. The Balaban J connectivity index is -0.000000234. The fraction of sp³-hybridized carbons (Fsp3) is 0.250. The van der Waals surface area contributed by atoms with Gasteiger partial charge in [0.25, 0.3) is 0 Å². The van der Waals surface area contributed by atoms with Crippen LogP contribution in [0.15, 0.2) is 24.3 Å². The maximum atomic E-state index is 6.00. The van der Waals surface area contributed by atoms with E-state index in [1.54, 1.807) is 0 Å². The van der Waals surface area contributed by atoms with Gasteiger partial charge in [0.05, 0.1) is 0 Å². The minimum absolute atomic E-state index is 0. The van der Waals surface area contributed by atoms with E-state index in [4.69, 9.17) is 16.2 Å². The molecule has 0 saturated heterocycles. The van der Waals surface area contributed by atoms with E-state index < -0.39 is 0 Å². The Labute approximate surface area is 73.6 Å². The number of nitrogens with two attached hydrogens (primary N) is 1. The van der Waals surface area contributed by atoms with Crippen LogP contribution in [0.4, 0.5) is 0 Å².